The summed E-state index contributed by atoms with van der Waals surface area (Å²) in [6.45, 7) is 0. The molecule has 0 amide bonds. The largest absolute Gasteiger partial charge is 0.328 e. The summed E-state index contributed by atoms with van der Waals surface area (Å²) >= 11 is 0. The normalized spacial score (nSPS) is 10.6. The molecule has 1 N–H and O–H groups in total. The van der Waals surface area contributed by atoms with Crippen molar-refractivity contribution < 1.29 is 4.79 Å². The molecule has 2 rings (SSSR count). The van der Waals surface area contributed by atoms with Gasteiger partial charge in [0.25, 0.3) is 5.56 Å². The summed E-state index contributed by atoms with van der Waals surface area (Å²) < 4.78 is 0. The molecule has 0 aliphatic carbocycles. The van der Waals surface area contributed by atoms with Gasteiger partial charge in [-0.2, -0.15) is 0 Å². The van der Waals surface area contributed by atoms with Crippen molar-refractivity contribution in [3.05, 3.63) is 76.2 Å². The smallest absolute Gasteiger partial charge is 0.259 e. The lowest BCUT2D eigenvalue weighted by Gasteiger charge is -1.94. The molecule has 0 aliphatic rings. The van der Waals surface area contributed by atoms with Gasteiger partial charge in [0.2, 0.25) is 0 Å². The molecule has 0 fully saturated rings. The lowest BCUT2D eigenvalue weighted by atomic mass is 10.1. The van der Waals surface area contributed by atoms with Crippen molar-refractivity contribution >= 4 is 11.9 Å². The van der Waals surface area contributed by atoms with E-state index in [1.54, 1.807) is 12.1 Å². The molecular weight excluding hydrogens is 214 g/mol. The quantitative estimate of drug-likeness (QED) is 0.643. The van der Waals surface area contributed by atoms with Crippen molar-refractivity contribution in [1.82, 2.24) is 4.98 Å². The third-order valence-electron chi connectivity index (χ3n) is 2.31. The van der Waals surface area contributed by atoms with Gasteiger partial charge in [-0.1, -0.05) is 36.4 Å². The predicted octanol–water partition coefficient (Wildman–Crippen LogP) is 2.27. The maximum atomic E-state index is 11.7. The van der Waals surface area contributed by atoms with Crippen molar-refractivity contribution in [3.8, 4) is 0 Å². The lowest BCUT2D eigenvalue weighted by molar-refractivity contribution is 0.104. The number of rotatable bonds is 3. The molecule has 0 unspecified atom stereocenters. The van der Waals surface area contributed by atoms with Crippen LogP contribution in [0.15, 0.2) is 59.5 Å². The van der Waals surface area contributed by atoms with Gasteiger partial charge in [0.1, 0.15) is 0 Å². The van der Waals surface area contributed by atoms with E-state index in [4.69, 9.17) is 0 Å². The molecule has 3 heteroatoms. The summed E-state index contributed by atoms with van der Waals surface area (Å²) in [6, 6.07) is 12.6. The molecule has 17 heavy (non-hydrogen) atoms. The molecule has 1 aromatic heterocycles. The number of aromatic nitrogens is 1. The average molecular weight is 225 g/mol. The minimum atomic E-state index is -0.366. The fourth-order valence-electron chi connectivity index (χ4n) is 1.44. The molecule has 0 aliphatic heterocycles. The molecule has 0 saturated carbocycles. The topological polar surface area (TPSA) is 49.9 Å². The Labute approximate surface area is 98.4 Å². The molecule has 0 bridgehead atoms. The maximum Gasteiger partial charge on any atom is 0.259 e. The minimum Gasteiger partial charge on any atom is -0.328 e. The summed E-state index contributed by atoms with van der Waals surface area (Å²) in [5.74, 6) is -0.296. The van der Waals surface area contributed by atoms with Crippen LogP contribution in [0.25, 0.3) is 6.08 Å². The highest BCUT2D eigenvalue weighted by atomic mass is 16.1. The van der Waals surface area contributed by atoms with E-state index in [0.717, 1.165) is 5.56 Å². The van der Waals surface area contributed by atoms with Crippen LogP contribution in [0.4, 0.5) is 0 Å². The Bertz CT molecular complexity index is 597. The van der Waals surface area contributed by atoms with E-state index in [-0.39, 0.29) is 16.9 Å². The van der Waals surface area contributed by atoms with E-state index >= 15 is 0 Å². The molecular formula is C14H11NO2. The van der Waals surface area contributed by atoms with Gasteiger partial charge in [-0.05, 0) is 23.8 Å². The number of carbonyl (C=O) groups is 1. The Balaban J connectivity index is 2.21. The fourth-order valence-corrected chi connectivity index (χ4v) is 1.44. The number of carbonyl (C=O) groups excluding carboxylic acids is 1. The van der Waals surface area contributed by atoms with Crippen molar-refractivity contribution in [2.75, 3.05) is 0 Å². The average Bonchev–Trinajstić information content (AvgIpc) is 2.38. The van der Waals surface area contributed by atoms with Crippen LogP contribution in [-0.4, -0.2) is 10.8 Å². The van der Waals surface area contributed by atoms with Crippen molar-refractivity contribution in [3.63, 3.8) is 0 Å². The molecule has 3 nitrogen and oxygen atoms in total. The van der Waals surface area contributed by atoms with Crippen LogP contribution in [-0.2, 0) is 0 Å². The van der Waals surface area contributed by atoms with E-state index in [1.165, 1.54) is 18.3 Å². The number of benzene rings is 1. The highest BCUT2D eigenvalue weighted by Crippen LogP contribution is 2.02. The highest BCUT2D eigenvalue weighted by Gasteiger charge is 2.05. The maximum absolute atomic E-state index is 11.7. The molecule has 84 valence electrons. The predicted molar refractivity (Wildman–Crippen MR) is 66.9 cm³/mol. The first-order chi connectivity index (χ1) is 8.27. The number of pyridine rings is 1. The molecule has 2 aromatic rings. The Morgan fingerprint density at radius 1 is 1.06 bits per heavy atom. The number of hydrogen-bond acceptors (Lipinski definition) is 2. The van der Waals surface area contributed by atoms with Crippen LogP contribution in [0.5, 0.6) is 0 Å². The molecule has 0 spiro atoms. The highest BCUT2D eigenvalue weighted by molar-refractivity contribution is 6.06. The van der Waals surface area contributed by atoms with Gasteiger partial charge in [-0.25, -0.2) is 0 Å². The van der Waals surface area contributed by atoms with Gasteiger partial charge in [0.05, 0.1) is 5.56 Å². The lowest BCUT2D eigenvalue weighted by Crippen LogP contribution is -2.14. The first-order valence-electron chi connectivity index (χ1n) is 5.22. The Hall–Kier alpha value is -2.42. The summed E-state index contributed by atoms with van der Waals surface area (Å²) in [5, 5.41) is 0. The standard InChI is InChI=1S/C14H11NO2/c16-13(12-7-4-10-15-14(12)17)9-8-11-5-2-1-3-6-11/h1-10H,(H,15,17)/b9-8+. The molecule has 0 atom stereocenters. The van der Waals surface area contributed by atoms with E-state index in [1.807, 2.05) is 30.3 Å². The second-order valence-electron chi connectivity index (χ2n) is 3.52. The SMILES string of the molecule is O=C(/C=C/c1ccccc1)c1ccc[nH]c1=O. The minimum absolute atomic E-state index is 0.152. The number of ketones is 1. The third-order valence-corrected chi connectivity index (χ3v) is 2.31. The van der Waals surface area contributed by atoms with Crippen molar-refractivity contribution in [2.45, 2.75) is 0 Å². The number of nitrogens with one attached hydrogen (secondary N) is 1. The van der Waals surface area contributed by atoms with E-state index < -0.39 is 0 Å². The molecule has 0 saturated heterocycles. The van der Waals surface area contributed by atoms with E-state index in [2.05, 4.69) is 4.98 Å². The fraction of sp³-hybridized carbons (Fsp3) is 0. The number of hydrogen-bond donors (Lipinski definition) is 1. The zero-order valence-electron chi connectivity index (χ0n) is 9.09. The van der Waals surface area contributed by atoms with E-state index in [0.29, 0.717) is 0 Å². The number of allylic oxidation sites excluding steroid dienone is 1. The van der Waals surface area contributed by atoms with Crippen molar-refractivity contribution in [1.29, 1.82) is 0 Å². The second kappa shape index (κ2) is 5.07. The van der Waals surface area contributed by atoms with Crippen LogP contribution in [0.2, 0.25) is 0 Å². The summed E-state index contributed by atoms with van der Waals surface area (Å²) in [6.07, 6.45) is 4.59. The Kier molecular flexibility index (Phi) is 3.31. The van der Waals surface area contributed by atoms with Gasteiger partial charge in [-0.3, -0.25) is 9.59 Å². The summed E-state index contributed by atoms with van der Waals surface area (Å²) in [5.41, 5.74) is 0.711. The van der Waals surface area contributed by atoms with Crippen molar-refractivity contribution in [2.24, 2.45) is 0 Å². The van der Waals surface area contributed by atoms with Gasteiger partial charge in [0.15, 0.2) is 5.78 Å². The zero-order chi connectivity index (χ0) is 12.1. The van der Waals surface area contributed by atoms with E-state index in [9.17, 15) is 9.59 Å². The first kappa shape index (κ1) is 11.1. The van der Waals surface area contributed by atoms with Crippen LogP contribution >= 0.6 is 0 Å². The number of aromatic amines is 1. The Morgan fingerprint density at radius 3 is 2.53 bits per heavy atom. The summed E-state index contributed by atoms with van der Waals surface area (Å²) in [4.78, 5) is 25.6. The van der Waals surface area contributed by atoms with Gasteiger partial charge in [0, 0.05) is 6.20 Å². The zero-order valence-corrected chi connectivity index (χ0v) is 9.09. The van der Waals surface area contributed by atoms with Crippen LogP contribution < -0.4 is 5.56 Å². The molecule has 0 radical (unpaired) electrons. The van der Waals surface area contributed by atoms with Crippen LogP contribution in [0, 0.1) is 0 Å². The van der Waals surface area contributed by atoms with Crippen LogP contribution in [0.3, 0.4) is 0 Å². The van der Waals surface area contributed by atoms with Gasteiger partial charge < -0.3 is 4.98 Å². The van der Waals surface area contributed by atoms with Gasteiger partial charge in [-0.15, -0.1) is 0 Å². The monoisotopic (exact) mass is 225 g/mol. The third kappa shape index (κ3) is 2.78. The summed E-state index contributed by atoms with van der Waals surface area (Å²) in [7, 11) is 0. The van der Waals surface area contributed by atoms with Crippen LogP contribution in [0.1, 0.15) is 15.9 Å². The Morgan fingerprint density at radius 2 is 1.82 bits per heavy atom. The second-order valence-corrected chi connectivity index (χ2v) is 3.52. The molecule has 1 aromatic carbocycles. The number of H-pyrrole nitrogens is 1. The first-order valence-corrected chi connectivity index (χ1v) is 5.22. The van der Waals surface area contributed by atoms with Gasteiger partial charge >= 0.3 is 0 Å². The molecule has 1 heterocycles.